The molecule has 1 atom stereocenters. The fourth-order valence-electron chi connectivity index (χ4n) is 2.31. The summed E-state index contributed by atoms with van der Waals surface area (Å²) in [4.78, 5) is 11.8. The van der Waals surface area contributed by atoms with Crippen LogP contribution in [0.5, 0.6) is 0 Å². The molecular weight excluding hydrogens is 259 g/mol. The van der Waals surface area contributed by atoms with Crippen molar-refractivity contribution in [2.45, 2.75) is 32.9 Å². The van der Waals surface area contributed by atoms with Crippen molar-refractivity contribution in [2.24, 2.45) is 5.73 Å². The number of fused-ring (bicyclic) bond motifs is 1. The Balaban J connectivity index is 2.60. The Labute approximate surface area is 117 Å². The number of esters is 1. The number of nitrogens with zero attached hydrogens (tertiary/aromatic N) is 1. The summed E-state index contributed by atoms with van der Waals surface area (Å²) in [5.41, 5.74) is 7.00. The van der Waals surface area contributed by atoms with Gasteiger partial charge in [0.05, 0.1) is 12.1 Å². The van der Waals surface area contributed by atoms with Crippen LogP contribution in [0.3, 0.4) is 0 Å². The summed E-state index contributed by atoms with van der Waals surface area (Å²) in [5, 5.41) is 0.652. The monoisotopic (exact) mass is 278 g/mol. The van der Waals surface area contributed by atoms with Crippen LogP contribution in [0.1, 0.15) is 38.4 Å². The van der Waals surface area contributed by atoms with Gasteiger partial charge in [0.15, 0.2) is 0 Å². The highest BCUT2D eigenvalue weighted by Gasteiger charge is 2.23. The fraction of sp³-hybridized carbons (Fsp3) is 0.400. The highest BCUT2D eigenvalue weighted by Crippen LogP contribution is 2.30. The zero-order valence-corrected chi connectivity index (χ0v) is 11.9. The van der Waals surface area contributed by atoms with Gasteiger partial charge in [-0.3, -0.25) is 0 Å². The first kappa shape index (κ1) is 14.5. The number of aromatic nitrogens is 1. The molecule has 0 fully saturated rings. The molecule has 1 unspecified atom stereocenters. The van der Waals surface area contributed by atoms with E-state index in [2.05, 4.69) is 0 Å². The van der Waals surface area contributed by atoms with Crippen molar-refractivity contribution in [2.75, 3.05) is 6.61 Å². The van der Waals surface area contributed by atoms with Gasteiger partial charge >= 0.3 is 5.97 Å². The molecule has 5 heteroatoms. The van der Waals surface area contributed by atoms with Crippen LogP contribution >= 0.6 is 0 Å². The number of nitrogens with two attached hydrogens (primary N) is 1. The molecule has 0 aliphatic carbocycles. The summed E-state index contributed by atoms with van der Waals surface area (Å²) < 4.78 is 20.8. The van der Waals surface area contributed by atoms with Crippen LogP contribution in [0.2, 0.25) is 0 Å². The Morgan fingerprint density at radius 1 is 1.45 bits per heavy atom. The number of para-hydroxylation sites is 1. The van der Waals surface area contributed by atoms with E-state index < -0.39 is 12.0 Å². The summed E-state index contributed by atoms with van der Waals surface area (Å²) in [6.45, 7) is 5.89. The van der Waals surface area contributed by atoms with Gasteiger partial charge in [-0.1, -0.05) is 12.1 Å². The highest BCUT2D eigenvalue weighted by atomic mass is 19.1. The van der Waals surface area contributed by atoms with Gasteiger partial charge in [0, 0.05) is 23.2 Å². The minimum Gasteiger partial charge on any atom is -0.465 e. The molecule has 0 saturated carbocycles. The number of hydrogen-bond acceptors (Lipinski definition) is 3. The Bertz CT molecular complexity index is 634. The summed E-state index contributed by atoms with van der Waals surface area (Å²) in [7, 11) is 0. The molecule has 4 nitrogen and oxygen atoms in total. The van der Waals surface area contributed by atoms with E-state index in [0.29, 0.717) is 16.5 Å². The summed E-state index contributed by atoms with van der Waals surface area (Å²) in [5.74, 6) is -0.821. The number of benzene rings is 1. The van der Waals surface area contributed by atoms with E-state index in [9.17, 15) is 9.18 Å². The maximum atomic E-state index is 14.1. The number of hydrogen-bond donors (Lipinski definition) is 1. The average Bonchev–Trinajstić information content (AvgIpc) is 2.79. The van der Waals surface area contributed by atoms with Gasteiger partial charge in [0.25, 0.3) is 0 Å². The van der Waals surface area contributed by atoms with Gasteiger partial charge in [0.2, 0.25) is 0 Å². The molecular formula is C15H19FN2O2. The molecule has 2 N–H and O–H groups in total. The lowest BCUT2D eigenvalue weighted by atomic mass is 10.1. The molecule has 108 valence electrons. The van der Waals surface area contributed by atoms with Crippen LogP contribution in [0.25, 0.3) is 10.9 Å². The zero-order valence-electron chi connectivity index (χ0n) is 11.9. The van der Waals surface area contributed by atoms with Crippen molar-refractivity contribution in [1.29, 1.82) is 0 Å². The van der Waals surface area contributed by atoms with Gasteiger partial charge < -0.3 is 15.0 Å². The van der Waals surface area contributed by atoms with E-state index in [1.807, 2.05) is 13.8 Å². The quantitative estimate of drug-likeness (QED) is 0.875. The second-order valence-electron chi connectivity index (χ2n) is 4.95. The number of rotatable bonds is 4. The molecule has 2 aromatic rings. The van der Waals surface area contributed by atoms with E-state index in [1.165, 1.54) is 6.07 Å². The van der Waals surface area contributed by atoms with E-state index in [1.54, 1.807) is 29.8 Å². The van der Waals surface area contributed by atoms with Crippen molar-refractivity contribution in [3.05, 3.63) is 35.8 Å². The number of halogens is 1. The molecule has 0 radical (unpaired) electrons. The lowest BCUT2D eigenvalue weighted by Crippen LogP contribution is -2.23. The molecule has 0 amide bonds. The first-order chi connectivity index (χ1) is 9.47. The smallest absolute Gasteiger partial charge is 0.327 e. The van der Waals surface area contributed by atoms with Gasteiger partial charge in [-0.2, -0.15) is 0 Å². The second-order valence-corrected chi connectivity index (χ2v) is 4.95. The van der Waals surface area contributed by atoms with Crippen molar-refractivity contribution in [1.82, 2.24) is 4.57 Å². The lowest BCUT2D eigenvalue weighted by Gasteiger charge is -2.10. The molecule has 1 aromatic carbocycles. The topological polar surface area (TPSA) is 57.2 Å². The Hall–Kier alpha value is -1.88. The standard InChI is InChI=1S/C15H19FN2O2/c1-4-20-15(19)13(17)11-8-18(9(2)3)14-10(11)6-5-7-12(14)16/h5-9,13H,4,17H2,1-3H3. The van der Waals surface area contributed by atoms with Gasteiger partial charge in [0.1, 0.15) is 11.9 Å². The maximum Gasteiger partial charge on any atom is 0.327 e. The van der Waals surface area contributed by atoms with E-state index in [0.717, 1.165) is 0 Å². The third-order valence-corrected chi connectivity index (χ3v) is 3.27. The molecule has 1 aromatic heterocycles. The van der Waals surface area contributed by atoms with E-state index >= 15 is 0 Å². The van der Waals surface area contributed by atoms with Crippen molar-refractivity contribution in [3.63, 3.8) is 0 Å². The van der Waals surface area contributed by atoms with Crippen molar-refractivity contribution >= 4 is 16.9 Å². The number of carbonyl (C=O) groups excluding carboxylic acids is 1. The maximum absolute atomic E-state index is 14.1. The molecule has 0 bridgehead atoms. The number of carbonyl (C=O) groups is 1. The Kier molecular flexibility index (Phi) is 4.09. The second kappa shape index (κ2) is 5.63. The largest absolute Gasteiger partial charge is 0.465 e. The summed E-state index contributed by atoms with van der Waals surface area (Å²) in [6.07, 6.45) is 1.74. The van der Waals surface area contributed by atoms with Crippen molar-refractivity contribution < 1.29 is 13.9 Å². The van der Waals surface area contributed by atoms with Crippen LogP contribution in [-0.4, -0.2) is 17.1 Å². The van der Waals surface area contributed by atoms with Crippen LogP contribution in [0, 0.1) is 5.82 Å². The SMILES string of the molecule is CCOC(=O)C(N)c1cn(C(C)C)c2c(F)cccc12. The molecule has 0 spiro atoms. The van der Waals surface area contributed by atoms with Crippen LogP contribution in [0.4, 0.5) is 4.39 Å². The molecule has 20 heavy (non-hydrogen) atoms. The van der Waals surface area contributed by atoms with E-state index in [4.69, 9.17) is 10.5 Å². The van der Waals surface area contributed by atoms with Gasteiger partial charge in [-0.05, 0) is 26.8 Å². The molecule has 0 aliphatic rings. The van der Waals surface area contributed by atoms with Gasteiger partial charge in [-0.25, -0.2) is 9.18 Å². The molecule has 2 rings (SSSR count). The minimum absolute atomic E-state index is 0.0672. The summed E-state index contributed by atoms with van der Waals surface area (Å²) >= 11 is 0. The number of ether oxygens (including phenoxy) is 1. The lowest BCUT2D eigenvalue weighted by molar-refractivity contribution is -0.144. The van der Waals surface area contributed by atoms with Gasteiger partial charge in [-0.15, -0.1) is 0 Å². The third kappa shape index (κ3) is 2.41. The fourth-order valence-corrected chi connectivity index (χ4v) is 2.31. The normalized spacial score (nSPS) is 12.9. The predicted molar refractivity (Wildman–Crippen MR) is 75.8 cm³/mol. The van der Waals surface area contributed by atoms with Crippen LogP contribution in [-0.2, 0) is 9.53 Å². The Morgan fingerprint density at radius 3 is 2.75 bits per heavy atom. The Morgan fingerprint density at radius 2 is 2.15 bits per heavy atom. The van der Waals surface area contributed by atoms with Crippen molar-refractivity contribution in [3.8, 4) is 0 Å². The predicted octanol–water partition coefficient (Wildman–Crippen LogP) is 2.92. The molecule has 0 aliphatic heterocycles. The third-order valence-electron chi connectivity index (χ3n) is 3.27. The van der Waals surface area contributed by atoms with E-state index in [-0.39, 0.29) is 18.5 Å². The molecule has 1 heterocycles. The zero-order chi connectivity index (χ0) is 14.9. The first-order valence-electron chi connectivity index (χ1n) is 6.68. The summed E-state index contributed by atoms with van der Waals surface area (Å²) in [6, 6.07) is 3.95. The van der Waals surface area contributed by atoms with Crippen LogP contribution in [0.15, 0.2) is 24.4 Å². The van der Waals surface area contributed by atoms with Crippen LogP contribution < -0.4 is 5.73 Å². The average molecular weight is 278 g/mol. The molecule has 0 saturated heterocycles. The highest BCUT2D eigenvalue weighted by molar-refractivity contribution is 5.90. The minimum atomic E-state index is -0.903. The first-order valence-corrected chi connectivity index (χ1v) is 6.68.